The first-order valence-corrected chi connectivity index (χ1v) is 9.41. The summed E-state index contributed by atoms with van der Waals surface area (Å²) in [5.41, 5.74) is 5.43. The Morgan fingerprint density at radius 1 is 1.23 bits per heavy atom. The van der Waals surface area contributed by atoms with Crippen molar-refractivity contribution in [2.45, 2.75) is 62.3 Å². The fourth-order valence-electron chi connectivity index (χ4n) is 3.04. The predicted molar refractivity (Wildman–Crippen MR) is 89.9 cm³/mol. The average Bonchev–Trinajstić information content (AvgIpc) is 3.03. The Balaban J connectivity index is 1.49. The quantitative estimate of drug-likeness (QED) is 0.355. The van der Waals surface area contributed by atoms with E-state index in [0.29, 0.717) is 17.7 Å². The van der Waals surface area contributed by atoms with Gasteiger partial charge in [-0.15, -0.1) is 0 Å². The first kappa shape index (κ1) is 17.4. The summed E-state index contributed by atoms with van der Waals surface area (Å²) in [6, 6.07) is 0.530. The minimum Gasteiger partial charge on any atom is -0.356 e. The van der Waals surface area contributed by atoms with Crippen LogP contribution in [0.1, 0.15) is 44.9 Å². The van der Waals surface area contributed by atoms with Crippen molar-refractivity contribution in [2.24, 2.45) is 5.73 Å². The van der Waals surface area contributed by atoms with Gasteiger partial charge in [0.2, 0.25) is 5.91 Å². The van der Waals surface area contributed by atoms with Crippen molar-refractivity contribution in [3.63, 3.8) is 0 Å². The van der Waals surface area contributed by atoms with Crippen molar-refractivity contribution in [1.82, 2.24) is 16.0 Å². The largest absolute Gasteiger partial charge is 0.356 e. The molecule has 7 heteroatoms. The molecule has 0 aliphatic carbocycles. The maximum atomic E-state index is 11.7. The SMILES string of the molecule is NCCCCCNC(=O)CCCC[C@H]1SC[C@@H]2NC(=O)N[C@H]21. The Labute approximate surface area is 136 Å². The monoisotopic (exact) mass is 328 g/mol. The van der Waals surface area contributed by atoms with E-state index in [1.165, 1.54) is 0 Å². The summed E-state index contributed by atoms with van der Waals surface area (Å²) in [6.45, 7) is 1.49. The number of carbonyl (C=O) groups is 2. The highest BCUT2D eigenvalue weighted by atomic mass is 32.2. The lowest BCUT2D eigenvalue weighted by molar-refractivity contribution is -0.121. The molecular formula is C15H28N4O2S. The number of thioether (sulfide) groups is 1. The summed E-state index contributed by atoms with van der Waals surface area (Å²) in [6.07, 6.45) is 6.75. The molecule has 0 aromatic carbocycles. The zero-order valence-electron chi connectivity index (χ0n) is 13.1. The molecule has 0 spiro atoms. The molecule has 3 atom stereocenters. The number of hydrogen-bond donors (Lipinski definition) is 4. The van der Waals surface area contributed by atoms with E-state index < -0.39 is 0 Å². The Morgan fingerprint density at radius 3 is 2.91 bits per heavy atom. The van der Waals surface area contributed by atoms with E-state index in [0.717, 1.165) is 57.4 Å². The molecule has 22 heavy (non-hydrogen) atoms. The van der Waals surface area contributed by atoms with Crippen molar-refractivity contribution in [3.05, 3.63) is 0 Å². The van der Waals surface area contributed by atoms with Gasteiger partial charge in [-0.1, -0.05) is 12.8 Å². The third-order valence-corrected chi connectivity index (χ3v) is 5.79. The molecule has 0 radical (unpaired) electrons. The Hall–Kier alpha value is -0.950. The lowest BCUT2D eigenvalue weighted by Crippen LogP contribution is -2.36. The molecule has 126 valence electrons. The number of nitrogens with two attached hydrogens (primary N) is 1. The predicted octanol–water partition coefficient (Wildman–Crippen LogP) is 0.957. The van der Waals surface area contributed by atoms with Crippen LogP contribution in [0.5, 0.6) is 0 Å². The van der Waals surface area contributed by atoms with Crippen molar-refractivity contribution in [3.8, 4) is 0 Å². The van der Waals surface area contributed by atoms with E-state index in [2.05, 4.69) is 16.0 Å². The smallest absolute Gasteiger partial charge is 0.315 e. The van der Waals surface area contributed by atoms with E-state index >= 15 is 0 Å². The highest BCUT2D eigenvalue weighted by molar-refractivity contribution is 8.00. The molecule has 2 rings (SSSR count). The van der Waals surface area contributed by atoms with Crippen LogP contribution in [0.2, 0.25) is 0 Å². The molecular weight excluding hydrogens is 300 g/mol. The van der Waals surface area contributed by atoms with Crippen LogP contribution in [0.3, 0.4) is 0 Å². The van der Waals surface area contributed by atoms with E-state index in [9.17, 15) is 9.59 Å². The number of hydrogen-bond acceptors (Lipinski definition) is 4. The summed E-state index contributed by atoms with van der Waals surface area (Å²) in [4.78, 5) is 23.0. The Bertz CT molecular complexity index is 381. The molecule has 5 N–H and O–H groups in total. The van der Waals surface area contributed by atoms with Gasteiger partial charge in [0.05, 0.1) is 12.1 Å². The average molecular weight is 328 g/mol. The topological polar surface area (TPSA) is 96.2 Å². The lowest BCUT2D eigenvalue weighted by Gasteiger charge is -2.16. The third kappa shape index (κ3) is 5.35. The number of carbonyl (C=O) groups excluding carboxylic acids is 2. The highest BCUT2D eigenvalue weighted by Crippen LogP contribution is 2.33. The first-order valence-electron chi connectivity index (χ1n) is 8.36. The van der Waals surface area contributed by atoms with E-state index in [1.807, 2.05) is 11.8 Å². The number of unbranched alkanes of at least 4 members (excludes halogenated alkanes) is 3. The maximum Gasteiger partial charge on any atom is 0.315 e. The molecule has 6 nitrogen and oxygen atoms in total. The number of rotatable bonds is 10. The number of amides is 3. The zero-order valence-corrected chi connectivity index (χ0v) is 13.9. The van der Waals surface area contributed by atoms with Crippen LogP contribution in [0.15, 0.2) is 0 Å². The molecule has 2 saturated heterocycles. The number of fused-ring (bicyclic) bond motifs is 1. The second-order valence-electron chi connectivity index (χ2n) is 6.07. The van der Waals surface area contributed by atoms with Gasteiger partial charge >= 0.3 is 6.03 Å². The normalized spacial score (nSPS) is 26.4. The molecule has 2 fully saturated rings. The summed E-state index contributed by atoms with van der Waals surface area (Å²) >= 11 is 1.93. The van der Waals surface area contributed by atoms with Gasteiger partial charge < -0.3 is 21.7 Å². The van der Waals surface area contributed by atoms with Gasteiger partial charge in [0.25, 0.3) is 0 Å². The van der Waals surface area contributed by atoms with Gasteiger partial charge in [0.15, 0.2) is 0 Å². The maximum absolute atomic E-state index is 11.7. The molecule has 2 aliphatic rings. The molecule has 0 bridgehead atoms. The molecule has 0 unspecified atom stereocenters. The van der Waals surface area contributed by atoms with Crippen LogP contribution < -0.4 is 21.7 Å². The summed E-state index contributed by atoms with van der Waals surface area (Å²) < 4.78 is 0. The van der Waals surface area contributed by atoms with Gasteiger partial charge in [-0.25, -0.2) is 4.79 Å². The van der Waals surface area contributed by atoms with E-state index in [1.54, 1.807) is 0 Å². The van der Waals surface area contributed by atoms with Gasteiger partial charge in [-0.2, -0.15) is 11.8 Å². The fraction of sp³-hybridized carbons (Fsp3) is 0.867. The molecule has 0 aromatic rings. The highest BCUT2D eigenvalue weighted by Gasteiger charge is 2.42. The first-order chi connectivity index (χ1) is 10.7. The Morgan fingerprint density at radius 2 is 2.09 bits per heavy atom. The summed E-state index contributed by atoms with van der Waals surface area (Å²) in [5, 5.41) is 9.40. The minimum absolute atomic E-state index is 0.0330. The van der Waals surface area contributed by atoms with Crippen molar-refractivity contribution in [1.29, 1.82) is 0 Å². The van der Waals surface area contributed by atoms with Crippen molar-refractivity contribution < 1.29 is 9.59 Å². The summed E-state index contributed by atoms with van der Waals surface area (Å²) in [7, 11) is 0. The van der Waals surface area contributed by atoms with E-state index in [4.69, 9.17) is 5.73 Å². The standard InChI is InChI=1S/C15H28N4O2S/c16-8-4-1-5-9-17-13(20)7-3-2-6-12-14-11(10-22-12)18-15(21)19-14/h11-12,14H,1-10,16H2,(H,17,20)(H2,18,19,21)/t11-,12+,14+/m0/s1. The second-order valence-corrected chi connectivity index (χ2v) is 7.34. The lowest BCUT2D eigenvalue weighted by atomic mass is 10.0. The van der Waals surface area contributed by atoms with Gasteiger partial charge in [0, 0.05) is 24.0 Å². The van der Waals surface area contributed by atoms with Crippen LogP contribution in [-0.4, -0.2) is 48.1 Å². The molecule has 3 amide bonds. The van der Waals surface area contributed by atoms with Crippen LogP contribution in [0.25, 0.3) is 0 Å². The minimum atomic E-state index is -0.0330. The second kappa shape index (κ2) is 9.25. The van der Waals surface area contributed by atoms with Gasteiger partial charge in [-0.3, -0.25) is 4.79 Å². The van der Waals surface area contributed by atoms with Crippen LogP contribution in [0.4, 0.5) is 4.79 Å². The molecule has 2 aliphatic heterocycles. The van der Waals surface area contributed by atoms with Gasteiger partial charge in [-0.05, 0) is 32.2 Å². The Kier molecular flexibility index (Phi) is 7.32. The fourth-order valence-corrected chi connectivity index (χ4v) is 4.58. The molecule has 0 aromatic heterocycles. The van der Waals surface area contributed by atoms with Gasteiger partial charge in [0.1, 0.15) is 0 Å². The number of nitrogens with one attached hydrogen (secondary N) is 3. The van der Waals surface area contributed by atoms with Crippen LogP contribution in [0, 0.1) is 0 Å². The third-order valence-electron chi connectivity index (χ3n) is 4.28. The molecule has 0 saturated carbocycles. The van der Waals surface area contributed by atoms with Crippen LogP contribution in [-0.2, 0) is 4.79 Å². The van der Waals surface area contributed by atoms with E-state index in [-0.39, 0.29) is 18.0 Å². The summed E-state index contributed by atoms with van der Waals surface area (Å²) in [5.74, 6) is 1.15. The number of urea groups is 1. The van der Waals surface area contributed by atoms with Crippen molar-refractivity contribution in [2.75, 3.05) is 18.8 Å². The molecule has 2 heterocycles. The van der Waals surface area contributed by atoms with Crippen LogP contribution >= 0.6 is 11.8 Å². The zero-order chi connectivity index (χ0) is 15.8. The van der Waals surface area contributed by atoms with Crippen molar-refractivity contribution >= 4 is 23.7 Å².